The first-order valence-corrected chi connectivity index (χ1v) is 11.2. The summed E-state index contributed by atoms with van der Waals surface area (Å²) in [6.45, 7) is 0. The summed E-state index contributed by atoms with van der Waals surface area (Å²) in [4.78, 5) is 7.87. The lowest BCUT2D eigenvalue weighted by molar-refractivity contribution is 0.112. The number of nitrogens with zero attached hydrogens (tertiary/aromatic N) is 1. The number of aromatic nitrogens is 2. The summed E-state index contributed by atoms with van der Waals surface area (Å²) in [5.41, 5.74) is 2.50. The molecule has 4 rings (SSSR count). The van der Waals surface area contributed by atoms with Gasteiger partial charge in [0.25, 0.3) is 0 Å². The molecule has 27 heavy (non-hydrogen) atoms. The van der Waals surface area contributed by atoms with Crippen LogP contribution in [0.1, 0.15) is 49.0 Å². The van der Waals surface area contributed by atoms with Crippen molar-refractivity contribution in [2.45, 2.75) is 42.6 Å². The van der Waals surface area contributed by atoms with Gasteiger partial charge in [0.15, 0.2) is 9.84 Å². The summed E-state index contributed by atoms with van der Waals surface area (Å²) in [6.07, 6.45) is 6.75. The molecule has 0 saturated heterocycles. The van der Waals surface area contributed by atoms with Crippen LogP contribution in [0, 0.1) is 5.92 Å². The number of fused-ring (bicyclic) bond motifs is 1. The van der Waals surface area contributed by atoms with Crippen LogP contribution in [0.15, 0.2) is 53.6 Å². The largest absolute Gasteiger partial charge is 0.386 e. The van der Waals surface area contributed by atoms with Crippen molar-refractivity contribution in [1.82, 2.24) is 9.97 Å². The van der Waals surface area contributed by atoms with Gasteiger partial charge in [-0.25, -0.2) is 13.4 Å². The Morgan fingerprint density at radius 1 is 1.15 bits per heavy atom. The highest BCUT2D eigenvalue weighted by atomic mass is 32.2. The Morgan fingerprint density at radius 3 is 2.48 bits per heavy atom. The summed E-state index contributed by atoms with van der Waals surface area (Å²) >= 11 is 0. The minimum Gasteiger partial charge on any atom is -0.386 e. The third-order valence-electron chi connectivity index (χ3n) is 5.67. The molecule has 2 aromatic heterocycles. The van der Waals surface area contributed by atoms with E-state index in [1.807, 2.05) is 30.3 Å². The SMILES string of the molecule is CS(=O)(=O)c1ccc(C(C2CCCC2)C(O)c2cc3cccnc3[nH]2)cc1. The van der Waals surface area contributed by atoms with Gasteiger partial charge in [0.2, 0.25) is 0 Å². The molecule has 1 aliphatic carbocycles. The second-order valence-corrected chi connectivity index (χ2v) is 9.54. The van der Waals surface area contributed by atoms with E-state index in [1.165, 1.54) is 19.1 Å². The molecule has 5 nitrogen and oxygen atoms in total. The van der Waals surface area contributed by atoms with Crippen LogP contribution in [0.25, 0.3) is 11.0 Å². The van der Waals surface area contributed by atoms with E-state index in [-0.39, 0.29) is 5.92 Å². The topological polar surface area (TPSA) is 83.1 Å². The van der Waals surface area contributed by atoms with Gasteiger partial charge in [0.1, 0.15) is 11.8 Å². The number of aliphatic hydroxyl groups is 1. The van der Waals surface area contributed by atoms with Crippen molar-refractivity contribution in [3.63, 3.8) is 0 Å². The zero-order valence-electron chi connectivity index (χ0n) is 15.3. The molecule has 142 valence electrons. The number of hydrogen-bond donors (Lipinski definition) is 2. The van der Waals surface area contributed by atoms with Gasteiger partial charge in [-0.2, -0.15) is 0 Å². The van der Waals surface area contributed by atoms with E-state index in [4.69, 9.17) is 0 Å². The molecule has 0 bridgehead atoms. The van der Waals surface area contributed by atoms with Crippen LogP contribution in [-0.4, -0.2) is 29.7 Å². The Balaban J connectivity index is 1.72. The Hall–Kier alpha value is -2.18. The molecule has 1 aliphatic rings. The Morgan fingerprint density at radius 2 is 1.85 bits per heavy atom. The van der Waals surface area contributed by atoms with Crippen LogP contribution in [-0.2, 0) is 9.84 Å². The van der Waals surface area contributed by atoms with Crippen LogP contribution in [0.2, 0.25) is 0 Å². The number of aliphatic hydroxyl groups excluding tert-OH is 1. The maximum atomic E-state index is 11.8. The van der Waals surface area contributed by atoms with Gasteiger partial charge in [-0.3, -0.25) is 0 Å². The molecule has 1 saturated carbocycles. The first-order valence-electron chi connectivity index (χ1n) is 9.35. The van der Waals surface area contributed by atoms with Crippen molar-refractivity contribution in [1.29, 1.82) is 0 Å². The average Bonchev–Trinajstić information content (AvgIpc) is 3.31. The lowest BCUT2D eigenvalue weighted by atomic mass is 9.80. The molecule has 2 atom stereocenters. The zero-order valence-corrected chi connectivity index (χ0v) is 16.1. The van der Waals surface area contributed by atoms with Gasteiger partial charge in [-0.05, 0) is 54.7 Å². The van der Waals surface area contributed by atoms with Crippen LogP contribution in [0.4, 0.5) is 0 Å². The number of aromatic amines is 1. The molecule has 0 aliphatic heterocycles. The lowest BCUT2D eigenvalue weighted by Crippen LogP contribution is -2.19. The van der Waals surface area contributed by atoms with Crippen molar-refractivity contribution in [2.75, 3.05) is 6.26 Å². The van der Waals surface area contributed by atoms with E-state index >= 15 is 0 Å². The van der Waals surface area contributed by atoms with Gasteiger partial charge in [-0.15, -0.1) is 0 Å². The maximum absolute atomic E-state index is 11.8. The van der Waals surface area contributed by atoms with Crippen molar-refractivity contribution < 1.29 is 13.5 Å². The molecular weight excluding hydrogens is 360 g/mol. The first-order chi connectivity index (χ1) is 12.9. The number of nitrogens with one attached hydrogen (secondary N) is 1. The second-order valence-electron chi connectivity index (χ2n) is 7.52. The predicted octanol–water partition coefficient (Wildman–Crippen LogP) is 3.97. The molecule has 6 heteroatoms. The molecule has 3 aromatic rings. The van der Waals surface area contributed by atoms with E-state index in [0.717, 1.165) is 35.1 Å². The molecule has 2 N–H and O–H groups in total. The molecule has 1 aromatic carbocycles. The second kappa shape index (κ2) is 7.09. The number of benzene rings is 1. The summed E-state index contributed by atoms with van der Waals surface area (Å²) in [5, 5.41) is 12.2. The molecule has 0 amide bonds. The normalized spacial score (nSPS) is 18.0. The van der Waals surface area contributed by atoms with Gasteiger partial charge >= 0.3 is 0 Å². The first kappa shape index (κ1) is 18.2. The van der Waals surface area contributed by atoms with Crippen LogP contribution < -0.4 is 0 Å². The monoisotopic (exact) mass is 384 g/mol. The third-order valence-corrected chi connectivity index (χ3v) is 6.80. The summed E-state index contributed by atoms with van der Waals surface area (Å²) < 4.78 is 23.5. The third kappa shape index (κ3) is 3.64. The molecule has 0 radical (unpaired) electrons. The van der Waals surface area contributed by atoms with Crippen molar-refractivity contribution in [3.8, 4) is 0 Å². The van der Waals surface area contributed by atoms with Crippen LogP contribution in [0.3, 0.4) is 0 Å². The van der Waals surface area contributed by atoms with E-state index in [9.17, 15) is 13.5 Å². The fraction of sp³-hybridized carbons (Fsp3) is 0.381. The molecule has 0 spiro atoms. The van der Waals surface area contributed by atoms with E-state index in [2.05, 4.69) is 9.97 Å². The van der Waals surface area contributed by atoms with Crippen molar-refractivity contribution in [3.05, 3.63) is 59.9 Å². The van der Waals surface area contributed by atoms with Gasteiger partial charge < -0.3 is 10.1 Å². The van der Waals surface area contributed by atoms with Gasteiger partial charge in [0.05, 0.1) is 4.90 Å². The fourth-order valence-corrected chi connectivity index (χ4v) is 4.93. The number of pyridine rings is 1. The van der Waals surface area contributed by atoms with Crippen LogP contribution in [0.5, 0.6) is 0 Å². The Kier molecular flexibility index (Phi) is 4.78. The van der Waals surface area contributed by atoms with Gasteiger partial charge in [-0.1, -0.05) is 25.0 Å². The number of hydrogen-bond acceptors (Lipinski definition) is 4. The Labute approximate surface area is 159 Å². The molecular formula is C21H24N2O3S. The Bertz CT molecular complexity index is 1000. The maximum Gasteiger partial charge on any atom is 0.175 e. The highest BCUT2D eigenvalue weighted by molar-refractivity contribution is 7.90. The molecule has 2 unspecified atom stereocenters. The molecule has 2 heterocycles. The van der Waals surface area contributed by atoms with E-state index in [0.29, 0.717) is 10.8 Å². The quantitative estimate of drug-likeness (QED) is 0.697. The fourth-order valence-electron chi connectivity index (χ4n) is 4.30. The van der Waals surface area contributed by atoms with Gasteiger partial charge in [0, 0.05) is 29.5 Å². The average molecular weight is 385 g/mol. The smallest absolute Gasteiger partial charge is 0.175 e. The standard InChI is InChI=1S/C21H24N2O3S/c1-27(25,26)17-10-8-15(9-11-17)19(14-5-2-3-6-14)20(24)18-13-16-7-4-12-22-21(16)23-18/h4,7-14,19-20,24H,2-3,5-6H2,1H3,(H,22,23). The van der Waals surface area contributed by atoms with Crippen molar-refractivity contribution in [2.24, 2.45) is 5.92 Å². The zero-order chi connectivity index (χ0) is 19.0. The minimum atomic E-state index is -3.23. The molecule has 1 fully saturated rings. The van der Waals surface area contributed by atoms with E-state index < -0.39 is 15.9 Å². The number of sulfone groups is 1. The van der Waals surface area contributed by atoms with Crippen molar-refractivity contribution >= 4 is 20.9 Å². The summed E-state index contributed by atoms with van der Waals surface area (Å²) in [6, 6.07) is 12.8. The highest BCUT2D eigenvalue weighted by Gasteiger charge is 2.33. The minimum absolute atomic E-state index is 0.0748. The lowest BCUT2D eigenvalue weighted by Gasteiger charge is -2.28. The number of rotatable bonds is 5. The summed E-state index contributed by atoms with van der Waals surface area (Å²) in [5.74, 6) is 0.303. The number of H-pyrrole nitrogens is 1. The summed E-state index contributed by atoms with van der Waals surface area (Å²) in [7, 11) is -3.23. The van der Waals surface area contributed by atoms with E-state index in [1.54, 1.807) is 18.3 Å². The predicted molar refractivity (Wildman–Crippen MR) is 105 cm³/mol. The van der Waals surface area contributed by atoms with Crippen LogP contribution >= 0.6 is 0 Å². The highest BCUT2D eigenvalue weighted by Crippen LogP contribution is 2.44.